The monoisotopic (exact) mass is 284 g/mol. The maximum Gasteiger partial charge on any atom is 0.235 e. The van der Waals surface area contributed by atoms with Crippen molar-refractivity contribution < 1.29 is 13.7 Å². The summed E-state index contributed by atoms with van der Waals surface area (Å²) >= 11 is 0. The molecule has 0 aliphatic heterocycles. The minimum Gasteiger partial charge on any atom is -0.495 e. The molecule has 0 aliphatic carbocycles. The predicted octanol–water partition coefficient (Wildman–Crippen LogP) is 0.610. The highest BCUT2D eigenvalue weighted by Crippen LogP contribution is 2.21. The summed E-state index contributed by atoms with van der Waals surface area (Å²) in [5, 5.41) is 0. The topological polar surface area (TPSA) is 72.6 Å². The minimum absolute atomic E-state index is 0.0402. The van der Waals surface area contributed by atoms with Gasteiger partial charge in [0.2, 0.25) is 5.91 Å². The van der Waals surface area contributed by atoms with Crippen LogP contribution in [0.2, 0.25) is 0 Å². The van der Waals surface area contributed by atoms with Gasteiger partial charge >= 0.3 is 0 Å². The summed E-state index contributed by atoms with van der Waals surface area (Å²) in [5.41, 5.74) is 5.39. The van der Waals surface area contributed by atoms with E-state index in [9.17, 15) is 9.00 Å². The molecule has 0 spiro atoms. The van der Waals surface area contributed by atoms with E-state index in [1.807, 2.05) is 0 Å². The van der Waals surface area contributed by atoms with E-state index in [0.717, 1.165) is 6.42 Å². The number of carbonyl (C=O) groups is 1. The number of benzene rings is 1. The van der Waals surface area contributed by atoms with Crippen LogP contribution in [0.3, 0.4) is 0 Å². The minimum atomic E-state index is -1.40. The van der Waals surface area contributed by atoms with Gasteiger partial charge in [0.05, 0.1) is 22.8 Å². The molecule has 0 radical (unpaired) electrons. The van der Waals surface area contributed by atoms with Gasteiger partial charge in [-0.1, -0.05) is 12.1 Å². The first kappa shape index (κ1) is 15.7. The number of ether oxygens (including phenoxy) is 1. The van der Waals surface area contributed by atoms with Gasteiger partial charge in [-0.05, 0) is 25.1 Å². The molecule has 1 atom stereocenters. The molecule has 1 aromatic rings. The van der Waals surface area contributed by atoms with Gasteiger partial charge in [-0.25, -0.2) is 0 Å². The summed E-state index contributed by atoms with van der Waals surface area (Å²) in [5.74, 6) is 0.345. The van der Waals surface area contributed by atoms with Gasteiger partial charge in [0.15, 0.2) is 0 Å². The maximum atomic E-state index is 12.2. The molecule has 5 nitrogen and oxygen atoms in total. The van der Waals surface area contributed by atoms with E-state index in [1.165, 1.54) is 7.11 Å². The van der Waals surface area contributed by atoms with Crippen molar-refractivity contribution in [3.05, 3.63) is 24.3 Å². The molecule has 0 saturated heterocycles. The predicted molar refractivity (Wildman–Crippen MR) is 75.6 cm³/mol. The normalized spacial score (nSPS) is 11.9. The first-order valence-corrected chi connectivity index (χ1v) is 7.37. The van der Waals surface area contributed by atoms with Crippen LogP contribution in [0.4, 0.5) is 0 Å². The lowest BCUT2D eigenvalue weighted by atomic mass is 10.3. The Morgan fingerprint density at radius 2 is 2.11 bits per heavy atom. The highest BCUT2D eigenvalue weighted by Gasteiger charge is 2.16. The zero-order valence-corrected chi connectivity index (χ0v) is 12.1. The summed E-state index contributed by atoms with van der Waals surface area (Å²) in [6.07, 6.45) is 0.740. The molecule has 0 bridgehead atoms. The Morgan fingerprint density at radius 3 is 2.74 bits per heavy atom. The Labute approximate surface area is 116 Å². The SMILES string of the molecule is COc1ccccc1S(=O)CC(=O)N(C)CCCN. The fraction of sp³-hybridized carbons (Fsp3) is 0.462. The molecule has 0 aliphatic rings. The van der Waals surface area contributed by atoms with Gasteiger partial charge in [-0.2, -0.15) is 0 Å². The molecule has 1 unspecified atom stereocenters. The summed E-state index contributed by atoms with van der Waals surface area (Å²) in [6.45, 7) is 1.12. The average Bonchev–Trinajstić information content (AvgIpc) is 2.44. The first-order valence-electron chi connectivity index (χ1n) is 6.05. The van der Waals surface area contributed by atoms with Crippen molar-refractivity contribution in [3.63, 3.8) is 0 Å². The Balaban J connectivity index is 2.66. The van der Waals surface area contributed by atoms with E-state index in [1.54, 1.807) is 36.2 Å². The molecular formula is C13H20N2O3S. The van der Waals surface area contributed by atoms with Crippen LogP contribution >= 0.6 is 0 Å². The van der Waals surface area contributed by atoms with Crippen LogP contribution in [0.1, 0.15) is 6.42 Å². The van der Waals surface area contributed by atoms with Crippen LogP contribution in [-0.4, -0.2) is 48.0 Å². The van der Waals surface area contributed by atoms with Crippen molar-refractivity contribution in [2.75, 3.05) is 33.0 Å². The third kappa shape index (κ3) is 4.65. The quantitative estimate of drug-likeness (QED) is 0.796. The van der Waals surface area contributed by atoms with Crippen molar-refractivity contribution >= 4 is 16.7 Å². The number of para-hydroxylation sites is 1. The van der Waals surface area contributed by atoms with Crippen molar-refractivity contribution in [2.24, 2.45) is 5.73 Å². The van der Waals surface area contributed by atoms with Crippen LogP contribution in [0.5, 0.6) is 5.75 Å². The fourth-order valence-electron chi connectivity index (χ4n) is 1.56. The van der Waals surface area contributed by atoms with Crippen LogP contribution in [-0.2, 0) is 15.6 Å². The Hall–Kier alpha value is -1.40. The average molecular weight is 284 g/mol. The number of nitrogens with zero attached hydrogens (tertiary/aromatic N) is 1. The summed E-state index contributed by atoms with van der Waals surface area (Å²) in [7, 11) is 1.81. The molecule has 6 heteroatoms. The third-order valence-electron chi connectivity index (χ3n) is 2.69. The van der Waals surface area contributed by atoms with Gasteiger partial charge in [0.25, 0.3) is 0 Å². The molecule has 19 heavy (non-hydrogen) atoms. The van der Waals surface area contributed by atoms with Gasteiger partial charge < -0.3 is 15.4 Å². The number of carbonyl (C=O) groups excluding carboxylic acids is 1. The van der Waals surface area contributed by atoms with E-state index in [2.05, 4.69) is 0 Å². The second kappa shape index (κ2) is 7.91. The molecule has 1 rings (SSSR count). The van der Waals surface area contributed by atoms with Gasteiger partial charge in [-0.15, -0.1) is 0 Å². The van der Waals surface area contributed by atoms with Gasteiger partial charge in [0, 0.05) is 13.6 Å². The van der Waals surface area contributed by atoms with Crippen LogP contribution in [0, 0.1) is 0 Å². The molecule has 0 saturated carbocycles. The Kier molecular flexibility index (Phi) is 6.52. The largest absolute Gasteiger partial charge is 0.495 e. The molecular weight excluding hydrogens is 264 g/mol. The molecule has 1 aromatic carbocycles. The number of rotatable bonds is 7. The zero-order chi connectivity index (χ0) is 14.3. The van der Waals surface area contributed by atoms with Gasteiger partial charge in [-0.3, -0.25) is 9.00 Å². The van der Waals surface area contributed by atoms with Crippen molar-refractivity contribution in [2.45, 2.75) is 11.3 Å². The third-order valence-corrected chi connectivity index (χ3v) is 4.03. The smallest absolute Gasteiger partial charge is 0.235 e. The number of hydrogen-bond donors (Lipinski definition) is 1. The lowest BCUT2D eigenvalue weighted by molar-refractivity contribution is -0.127. The number of nitrogens with two attached hydrogens (primary N) is 1. The van der Waals surface area contributed by atoms with Crippen molar-refractivity contribution in [1.82, 2.24) is 4.90 Å². The Morgan fingerprint density at radius 1 is 1.42 bits per heavy atom. The van der Waals surface area contributed by atoms with Gasteiger partial charge in [0.1, 0.15) is 11.5 Å². The summed E-state index contributed by atoms with van der Waals surface area (Å²) in [4.78, 5) is 14.0. The molecule has 0 aromatic heterocycles. The molecule has 106 valence electrons. The standard InChI is InChI=1S/C13H20N2O3S/c1-15(9-5-8-14)13(16)10-19(17)12-7-4-3-6-11(12)18-2/h3-4,6-7H,5,8-10,14H2,1-2H3. The molecule has 0 fully saturated rings. The second-order valence-corrected chi connectivity index (χ2v) is 5.52. The fourth-order valence-corrected chi connectivity index (χ4v) is 2.77. The lowest BCUT2D eigenvalue weighted by Crippen LogP contribution is -2.32. The maximum absolute atomic E-state index is 12.2. The second-order valence-electron chi connectivity index (χ2n) is 4.10. The first-order chi connectivity index (χ1) is 9.10. The van der Waals surface area contributed by atoms with Crippen LogP contribution in [0.25, 0.3) is 0 Å². The summed E-state index contributed by atoms with van der Waals surface area (Å²) in [6, 6.07) is 7.02. The molecule has 2 N–H and O–H groups in total. The zero-order valence-electron chi connectivity index (χ0n) is 11.3. The lowest BCUT2D eigenvalue weighted by Gasteiger charge is -2.16. The van der Waals surface area contributed by atoms with E-state index in [-0.39, 0.29) is 11.7 Å². The van der Waals surface area contributed by atoms with E-state index < -0.39 is 10.8 Å². The number of hydrogen-bond acceptors (Lipinski definition) is 4. The summed E-state index contributed by atoms with van der Waals surface area (Å²) < 4.78 is 17.3. The molecule has 1 amide bonds. The number of amides is 1. The van der Waals surface area contributed by atoms with E-state index >= 15 is 0 Å². The van der Waals surface area contributed by atoms with Crippen molar-refractivity contribution in [1.29, 1.82) is 0 Å². The highest BCUT2D eigenvalue weighted by molar-refractivity contribution is 7.85. The number of methoxy groups -OCH3 is 1. The Bertz CT molecular complexity index is 451. The van der Waals surface area contributed by atoms with E-state index in [0.29, 0.717) is 23.7 Å². The van der Waals surface area contributed by atoms with Crippen LogP contribution in [0.15, 0.2) is 29.2 Å². The highest BCUT2D eigenvalue weighted by atomic mass is 32.2. The van der Waals surface area contributed by atoms with Crippen LogP contribution < -0.4 is 10.5 Å². The van der Waals surface area contributed by atoms with E-state index in [4.69, 9.17) is 10.5 Å². The van der Waals surface area contributed by atoms with Crippen molar-refractivity contribution in [3.8, 4) is 5.75 Å². The molecule has 0 heterocycles.